The Kier molecular flexibility index (Phi) is 2.13. The number of ketones is 1. The molecule has 0 unspecified atom stereocenters. The number of hydrogen-bond donors (Lipinski definition) is 0. The maximum Gasteiger partial charge on any atom is 0.181 e. The van der Waals surface area contributed by atoms with E-state index in [1.807, 2.05) is 43.8 Å². The SMILES string of the molecule is CC(C)C(=O)c1cccn1C. The van der Waals surface area contributed by atoms with Crippen LogP contribution in [0.1, 0.15) is 24.3 Å². The van der Waals surface area contributed by atoms with Crippen molar-refractivity contribution in [2.45, 2.75) is 13.8 Å². The normalized spacial score (nSPS) is 10.5. The second kappa shape index (κ2) is 2.91. The minimum atomic E-state index is 0.0867. The molecule has 2 heteroatoms. The molecular weight excluding hydrogens is 138 g/mol. The van der Waals surface area contributed by atoms with Crippen LogP contribution in [-0.2, 0) is 7.05 Å². The van der Waals surface area contributed by atoms with Crippen LogP contribution < -0.4 is 0 Å². The maximum absolute atomic E-state index is 11.4. The summed E-state index contributed by atoms with van der Waals surface area (Å²) in [6, 6.07) is 3.73. The average Bonchev–Trinajstić information content (AvgIpc) is 2.33. The Labute approximate surface area is 66.8 Å². The highest BCUT2D eigenvalue weighted by molar-refractivity contribution is 5.95. The Hall–Kier alpha value is -1.05. The van der Waals surface area contributed by atoms with Crippen molar-refractivity contribution in [1.29, 1.82) is 0 Å². The second-order valence-corrected chi connectivity index (χ2v) is 3.02. The summed E-state index contributed by atoms with van der Waals surface area (Å²) in [5, 5.41) is 0. The molecule has 0 saturated carbocycles. The predicted octanol–water partition coefficient (Wildman–Crippen LogP) is 1.86. The summed E-state index contributed by atoms with van der Waals surface area (Å²) in [7, 11) is 1.88. The van der Waals surface area contributed by atoms with E-state index in [1.54, 1.807) is 0 Å². The van der Waals surface area contributed by atoms with E-state index >= 15 is 0 Å². The van der Waals surface area contributed by atoms with Crippen molar-refractivity contribution in [2.75, 3.05) is 0 Å². The average molecular weight is 151 g/mol. The molecule has 0 fully saturated rings. The third kappa shape index (κ3) is 1.50. The molecule has 1 aromatic rings. The van der Waals surface area contributed by atoms with E-state index in [-0.39, 0.29) is 11.7 Å². The Morgan fingerprint density at radius 1 is 1.55 bits per heavy atom. The molecule has 11 heavy (non-hydrogen) atoms. The summed E-state index contributed by atoms with van der Waals surface area (Å²) in [4.78, 5) is 11.4. The molecule has 1 heterocycles. The Balaban J connectivity index is 2.93. The van der Waals surface area contributed by atoms with Gasteiger partial charge in [0.2, 0.25) is 0 Å². The van der Waals surface area contributed by atoms with Crippen LogP contribution in [-0.4, -0.2) is 10.4 Å². The Morgan fingerprint density at radius 2 is 2.18 bits per heavy atom. The van der Waals surface area contributed by atoms with Gasteiger partial charge in [0, 0.05) is 19.2 Å². The molecule has 0 radical (unpaired) electrons. The van der Waals surface area contributed by atoms with Crippen molar-refractivity contribution in [3.8, 4) is 0 Å². The Bertz CT molecular complexity index is 260. The van der Waals surface area contributed by atoms with Gasteiger partial charge in [-0.2, -0.15) is 0 Å². The van der Waals surface area contributed by atoms with Crippen molar-refractivity contribution in [1.82, 2.24) is 4.57 Å². The van der Waals surface area contributed by atoms with Crippen molar-refractivity contribution in [3.63, 3.8) is 0 Å². The summed E-state index contributed by atoms with van der Waals surface area (Å²) in [6.07, 6.45) is 1.88. The first-order valence-electron chi connectivity index (χ1n) is 3.78. The van der Waals surface area contributed by atoms with Crippen LogP contribution in [0.3, 0.4) is 0 Å². The highest BCUT2D eigenvalue weighted by atomic mass is 16.1. The fourth-order valence-corrected chi connectivity index (χ4v) is 1.01. The fourth-order valence-electron chi connectivity index (χ4n) is 1.01. The number of aryl methyl sites for hydroxylation is 1. The van der Waals surface area contributed by atoms with Gasteiger partial charge in [0.1, 0.15) is 0 Å². The topological polar surface area (TPSA) is 22.0 Å². The minimum absolute atomic E-state index is 0.0867. The lowest BCUT2D eigenvalue weighted by molar-refractivity contribution is 0.0931. The molecular formula is C9H13NO. The van der Waals surface area contributed by atoms with Gasteiger partial charge in [-0.1, -0.05) is 13.8 Å². The van der Waals surface area contributed by atoms with Gasteiger partial charge in [0.15, 0.2) is 5.78 Å². The summed E-state index contributed by atoms with van der Waals surface area (Å²) in [5.74, 6) is 0.293. The molecule has 0 saturated heterocycles. The van der Waals surface area contributed by atoms with E-state index in [4.69, 9.17) is 0 Å². The van der Waals surface area contributed by atoms with Gasteiger partial charge in [-0.3, -0.25) is 4.79 Å². The standard InChI is InChI=1S/C9H13NO/c1-7(2)9(11)8-5-4-6-10(8)3/h4-7H,1-3H3. The van der Waals surface area contributed by atoms with E-state index in [0.717, 1.165) is 5.69 Å². The van der Waals surface area contributed by atoms with Gasteiger partial charge in [-0.25, -0.2) is 0 Å². The van der Waals surface area contributed by atoms with Crippen LogP contribution in [0, 0.1) is 5.92 Å². The summed E-state index contributed by atoms with van der Waals surface area (Å²) in [6.45, 7) is 3.82. The van der Waals surface area contributed by atoms with Crippen LogP contribution in [0.5, 0.6) is 0 Å². The number of rotatable bonds is 2. The smallest absolute Gasteiger partial charge is 0.181 e. The first-order valence-corrected chi connectivity index (χ1v) is 3.78. The lowest BCUT2D eigenvalue weighted by atomic mass is 10.1. The number of carbonyl (C=O) groups is 1. The van der Waals surface area contributed by atoms with Crippen molar-refractivity contribution in [2.24, 2.45) is 13.0 Å². The Morgan fingerprint density at radius 3 is 2.55 bits per heavy atom. The quantitative estimate of drug-likeness (QED) is 0.591. The van der Waals surface area contributed by atoms with Gasteiger partial charge in [0.05, 0.1) is 5.69 Å². The fraction of sp³-hybridized carbons (Fsp3) is 0.444. The molecule has 0 aromatic carbocycles. The van der Waals surface area contributed by atoms with Crippen LogP contribution in [0.4, 0.5) is 0 Å². The highest BCUT2D eigenvalue weighted by Gasteiger charge is 2.11. The molecule has 0 aliphatic heterocycles. The van der Waals surface area contributed by atoms with E-state index in [2.05, 4.69) is 0 Å². The van der Waals surface area contributed by atoms with Gasteiger partial charge < -0.3 is 4.57 Å². The molecule has 0 bridgehead atoms. The monoisotopic (exact) mass is 151 g/mol. The number of carbonyl (C=O) groups excluding carboxylic acids is 1. The van der Waals surface area contributed by atoms with Crippen LogP contribution in [0.15, 0.2) is 18.3 Å². The zero-order valence-corrected chi connectivity index (χ0v) is 7.16. The van der Waals surface area contributed by atoms with E-state index in [1.165, 1.54) is 0 Å². The van der Waals surface area contributed by atoms with E-state index in [0.29, 0.717) is 0 Å². The summed E-state index contributed by atoms with van der Waals surface area (Å²) in [5.41, 5.74) is 0.792. The first kappa shape index (κ1) is 8.05. The number of aromatic nitrogens is 1. The molecule has 0 spiro atoms. The largest absolute Gasteiger partial charge is 0.348 e. The molecule has 0 aliphatic carbocycles. The third-order valence-corrected chi connectivity index (χ3v) is 1.72. The lowest BCUT2D eigenvalue weighted by Crippen LogP contribution is -2.11. The number of Topliss-reactive ketones (excluding diaryl/α,β-unsaturated/α-hetero) is 1. The van der Waals surface area contributed by atoms with Crippen molar-refractivity contribution < 1.29 is 4.79 Å². The molecule has 0 N–H and O–H groups in total. The third-order valence-electron chi connectivity index (χ3n) is 1.72. The molecule has 1 rings (SSSR count). The van der Waals surface area contributed by atoms with Gasteiger partial charge in [-0.15, -0.1) is 0 Å². The second-order valence-electron chi connectivity index (χ2n) is 3.02. The molecule has 0 amide bonds. The lowest BCUT2D eigenvalue weighted by Gasteiger charge is -2.04. The molecule has 1 aromatic heterocycles. The zero-order chi connectivity index (χ0) is 8.43. The van der Waals surface area contributed by atoms with Gasteiger partial charge in [0.25, 0.3) is 0 Å². The van der Waals surface area contributed by atoms with Gasteiger partial charge >= 0.3 is 0 Å². The van der Waals surface area contributed by atoms with Crippen molar-refractivity contribution >= 4 is 5.78 Å². The molecule has 0 atom stereocenters. The highest BCUT2D eigenvalue weighted by Crippen LogP contribution is 2.07. The zero-order valence-electron chi connectivity index (χ0n) is 7.16. The molecule has 2 nitrogen and oxygen atoms in total. The predicted molar refractivity (Wildman–Crippen MR) is 44.6 cm³/mol. The summed E-state index contributed by atoms with van der Waals surface area (Å²) >= 11 is 0. The van der Waals surface area contributed by atoms with Gasteiger partial charge in [-0.05, 0) is 12.1 Å². The number of nitrogens with zero attached hydrogens (tertiary/aromatic N) is 1. The van der Waals surface area contributed by atoms with E-state index < -0.39 is 0 Å². The van der Waals surface area contributed by atoms with Crippen LogP contribution in [0.25, 0.3) is 0 Å². The molecule has 60 valence electrons. The molecule has 0 aliphatic rings. The van der Waals surface area contributed by atoms with Crippen molar-refractivity contribution in [3.05, 3.63) is 24.0 Å². The van der Waals surface area contributed by atoms with E-state index in [9.17, 15) is 4.79 Å². The van der Waals surface area contributed by atoms with Crippen LogP contribution >= 0.6 is 0 Å². The number of hydrogen-bond acceptors (Lipinski definition) is 1. The van der Waals surface area contributed by atoms with Crippen LogP contribution in [0.2, 0.25) is 0 Å². The maximum atomic E-state index is 11.4. The first-order chi connectivity index (χ1) is 5.13. The minimum Gasteiger partial charge on any atom is -0.348 e. The summed E-state index contributed by atoms with van der Waals surface area (Å²) < 4.78 is 1.85.